The van der Waals surface area contributed by atoms with E-state index in [2.05, 4.69) is 10.8 Å². The number of hydrogen-bond donors (Lipinski definition) is 0. The molecule has 1 aromatic rings. The fraction of sp³-hybridized carbons (Fsp3) is 0.500. The van der Waals surface area contributed by atoms with E-state index in [-0.39, 0.29) is 17.3 Å². The molecule has 1 saturated heterocycles. The highest BCUT2D eigenvalue weighted by Crippen LogP contribution is 2.18. The van der Waals surface area contributed by atoms with Gasteiger partial charge in [0.05, 0.1) is 18.0 Å². The van der Waals surface area contributed by atoms with Crippen LogP contribution in [-0.4, -0.2) is 74.7 Å². The fourth-order valence-corrected chi connectivity index (χ4v) is 3.92. The summed E-state index contributed by atoms with van der Waals surface area (Å²) in [4.78, 5) is 16.4. The normalized spacial score (nSPS) is 16.0. The van der Waals surface area contributed by atoms with Gasteiger partial charge in [0.25, 0.3) is 0 Å². The lowest BCUT2D eigenvalue weighted by molar-refractivity contribution is -0.132. The molecule has 0 aliphatic carbocycles. The van der Waals surface area contributed by atoms with Gasteiger partial charge in [0.15, 0.2) is 0 Å². The average Bonchev–Trinajstić information content (AvgIpc) is 2.58. The molecule has 1 aromatic carbocycles. The van der Waals surface area contributed by atoms with Crippen LogP contribution in [-0.2, 0) is 14.8 Å². The fourth-order valence-electron chi connectivity index (χ4n) is 2.71. The minimum absolute atomic E-state index is 0.162. The zero-order chi connectivity index (χ0) is 18.6. The number of carbonyl (C=O) groups is 1. The van der Waals surface area contributed by atoms with Crippen LogP contribution in [0.3, 0.4) is 0 Å². The van der Waals surface area contributed by atoms with Crippen molar-refractivity contribution in [2.75, 3.05) is 46.3 Å². The largest absolute Gasteiger partial charge is 0.339 e. The van der Waals surface area contributed by atoms with Gasteiger partial charge >= 0.3 is 0 Å². The van der Waals surface area contributed by atoms with Crippen molar-refractivity contribution in [3.05, 3.63) is 29.3 Å². The number of piperazine rings is 1. The number of rotatable bonds is 5. The van der Waals surface area contributed by atoms with Crippen LogP contribution in [0.1, 0.15) is 11.1 Å². The van der Waals surface area contributed by atoms with E-state index in [1.54, 1.807) is 23.1 Å². The predicted octanol–water partition coefficient (Wildman–Crippen LogP) is 0.701. The average molecular weight is 363 g/mol. The Morgan fingerprint density at radius 3 is 2.40 bits per heavy atom. The highest BCUT2D eigenvalue weighted by molar-refractivity contribution is 7.89. The number of amides is 1. The Balaban J connectivity index is 2.01. The van der Waals surface area contributed by atoms with E-state index in [0.717, 1.165) is 15.4 Å². The van der Waals surface area contributed by atoms with E-state index >= 15 is 0 Å². The van der Waals surface area contributed by atoms with Gasteiger partial charge in [-0.15, -0.1) is 6.42 Å². The molecule has 25 heavy (non-hydrogen) atoms. The minimum Gasteiger partial charge on any atom is -0.339 e. The summed E-state index contributed by atoms with van der Waals surface area (Å²) in [6.07, 6.45) is 5.30. The van der Waals surface area contributed by atoms with Crippen LogP contribution in [0.4, 0.5) is 0 Å². The summed E-state index contributed by atoms with van der Waals surface area (Å²) in [7, 11) is -2.24. The third-order valence-corrected chi connectivity index (χ3v) is 6.38. The molecular formula is C18H25N3O3S. The Hall–Kier alpha value is -1.88. The molecule has 0 spiro atoms. The van der Waals surface area contributed by atoms with Crippen molar-refractivity contribution in [3.63, 3.8) is 0 Å². The van der Waals surface area contributed by atoms with Crippen molar-refractivity contribution < 1.29 is 13.2 Å². The first-order chi connectivity index (χ1) is 11.8. The van der Waals surface area contributed by atoms with Crippen LogP contribution >= 0.6 is 0 Å². The molecule has 1 aliphatic heterocycles. The Morgan fingerprint density at radius 1 is 1.20 bits per heavy atom. The molecule has 0 bridgehead atoms. The maximum absolute atomic E-state index is 12.7. The molecule has 1 fully saturated rings. The monoisotopic (exact) mass is 363 g/mol. The topological polar surface area (TPSA) is 60.9 Å². The maximum atomic E-state index is 12.7. The van der Waals surface area contributed by atoms with Gasteiger partial charge in [0.2, 0.25) is 15.9 Å². The number of benzene rings is 1. The zero-order valence-electron chi connectivity index (χ0n) is 15.0. The van der Waals surface area contributed by atoms with Gasteiger partial charge in [-0.05, 0) is 37.1 Å². The second kappa shape index (κ2) is 8.00. The van der Waals surface area contributed by atoms with E-state index < -0.39 is 10.0 Å². The predicted molar refractivity (Wildman–Crippen MR) is 97.6 cm³/mol. The number of likely N-dealkylation sites (N-methyl/N-ethyl adjacent to an activating group) is 1. The van der Waals surface area contributed by atoms with E-state index in [1.807, 2.05) is 13.8 Å². The minimum atomic E-state index is -3.68. The summed E-state index contributed by atoms with van der Waals surface area (Å²) in [5.74, 6) is 2.41. The number of nitrogens with zero attached hydrogens (tertiary/aromatic N) is 3. The van der Waals surface area contributed by atoms with Crippen LogP contribution in [0, 0.1) is 26.2 Å². The summed E-state index contributed by atoms with van der Waals surface area (Å²) in [5.41, 5.74) is 1.94. The highest BCUT2D eigenvalue weighted by atomic mass is 32.2. The van der Waals surface area contributed by atoms with Crippen molar-refractivity contribution in [1.82, 2.24) is 14.1 Å². The molecule has 0 N–H and O–H groups in total. The van der Waals surface area contributed by atoms with E-state index in [4.69, 9.17) is 6.42 Å². The van der Waals surface area contributed by atoms with Crippen molar-refractivity contribution in [1.29, 1.82) is 0 Å². The van der Waals surface area contributed by atoms with Gasteiger partial charge < -0.3 is 4.90 Å². The molecule has 7 heteroatoms. The van der Waals surface area contributed by atoms with Crippen molar-refractivity contribution >= 4 is 15.9 Å². The second-order valence-electron chi connectivity index (χ2n) is 6.37. The lowest BCUT2D eigenvalue weighted by atomic mass is 10.1. The molecule has 0 radical (unpaired) electrons. The quantitative estimate of drug-likeness (QED) is 0.723. The van der Waals surface area contributed by atoms with Crippen LogP contribution in [0.5, 0.6) is 0 Å². The molecule has 1 heterocycles. The Morgan fingerprint density at radius 2 is 1.84 bits per heavy atom. The molecule has 1 aliphatic rings. The molecular weight excluding hydrogens is 338 g/mol. The SMILES string of the molecule is C#CCN1CCN(C(=O)CN(C)S(=O)(=O)c2ccc(C)c(C)c2)CC1. The van der Waals surface area contributed by atoms with E-state index in [1.165, 1.54) is 7.05 Å². The number of carbonyl (C=O) groups excluding carboxylic acids is 1. The molecule has 0 saturated carbocycles. The number of hydrogen-bond acceptors (Lipinski definition) is 4. The zero-order valence-corrected chi connectivity index (χ0v) is 15.8. The van der Waals surface area contributed by atoms with Gasteiger partial charge in [-0.1, -0.05) is 12.0 Å². The Kier molecular flexibility index (Phi) is 6.22. The third-order valence-electron chi connectivity index (χ3n) is 4.58. The lowest BCUT2D eigenvalue weighted by Crippen LogP contribution is -2.51. The van der Waals surface area contributed by atoms with E-state index in [9.17, 15) is 13.2 Å². The molecule has 0 unspecified atom stereocenters. The molecule has 0 atom stereocenters. The number of terminal acetylenes is 1. The first-order valence-electron chi connectivity index (χ1n) is 8.23. The summed E-state index contributed by atoms with van der Waals surface area (Å²) in [6, 6.07) is 5.00. The maximum Gasteiger partial charge on any atom is 0.243 e. The van der Waals surface area contributed by atoms with Gasteiger partial charge in [0.1, 0.15) is 0 Å². The van der Waals surface area contributed by atoms with Gasteiger partial charge in [-0.3, -0.25) is 9.69 Å². The molecule has 6 nitrogen and oxygen atoms in total. The Labute approximate surface area is 150 Å². The molecule has 1 amide bonds. The van der Waals surface area contributed by atoms with Gasteiger partial charge in [0, 0.05) is 33.2 Å². The summed E-state index contributed by atoms with van der Waals surface area (Å²) in [5, 5.41) is 0. The first kappa shape index (κ1) is 19.4. The third kappa shape index (κ3) is 4.60. The highest BCUT2D eigenvalue weighted by Gasteiger charge is 2.27. The van der Waals surface area contributed by atoms with Gasteiger partial charge in [-0.2, -0.15) is 4.31 Å². The van der Waals surface area contributed by atoms with Crippen molar-refractivity contribution in [3.8, 4) is 12.3 Å². The van der Waals surface area contributed by atoms with Crippen LogP contribution in [0.2, 0.25) is 0 Å². The Bertz CT molecular complexity index is 775. The van der Waals surface area contributed by atoms with Crippen molar-refractivity contribution in [2.45, 2.75) is 18.7 Å². The van der Waals surface area contributed by atoms with Crippen LogP contribution < -0.4 is 0 Å². The van der Waals surface area contributed by atoms with Crippen molar-refractivity contribution in [2.24, 2.45) is 0 Å². The lowest BCUT2D eigenvalue weighted by Gasteiger charge is -2.34. The van der Waals surface area contributed by atoms with Crippen LogP contribution in [0.15, 0.2) is 23.1 Å². The summed E-state index contributed by atoms with van der Waals surface area (Å²) in [6.45, 7) is 6.77. The first-order valence-corrected chi connectivity index (χ1v) is 9.67. The standard InChI is InChI=1S/C18H25N3O3S/c1-5-8-20-9-11-21(12-10-20)18(22)14-19(4)25(23,24)17-7-6-15(2)16(3)13-17/h1,6-7,13H,8-12,14H2,2-4H3. The summed E-state index contributed by atoms with van der Waals surface area (Å²) < 4.78 is 26.5. The van der Waals surface area contributed by atoms with Crippen LogP contribution in [0.25, 0.3) is 0 Å². The molecule has 136 valence electrons. The number of sulfonamides is 1. The second-order valence-corrected chi connectivity index (χ2v) is 8.41. The molecule has 2 rings (SSSR count). The smallest absolute Gasteiger partial charge is 0.243 e. The molecule has 0 aromatic heterocycles. The van der Waals surface area contributed by atoms with E-state index in [0.29, 0.717) is 32.7 Å². The summed E-state index contributed by atoms with van der Waals surface area (Å²) >= 11 is 0. The van der Waals surface area contributed by atoms with Gasteiger partial charge in [-0.25, -0.2) is 8.42 Å². The number of aryl methyl sites for hydroxylation is 2.